The molecular weight excluding hydrogens is 604 g/mol. The van der Waals surface area contributed by atoms with Crippen molar-refractivity contribution in [2.45, 2.75) is 77.4 Å². The maximum absolute atomic E-state index is 13.7. The minimum absolute atomic E-state index is 0.0846. The zero-order chi connectivity index (χ0) is 34.0. The van der Waals surface area contributed by atoms with Crippen LogP contribution in [0.2, 0.25) is 0 Å². The molecule has 3 heterocycles. The lowest BCUT2D eigenvalue weighted by Crippen LogP contribution is -2.49. The molecule has 3 atom stereocenters. The number of anilines is 3. The van der Waals surface area contributed by atoms with Gasteiger partial charge in [-0.15, -0.1) is 0 Å². The van der Waals surface area contributed by atoms with E-state index in [0.29, 0.717) is 43.1 Å². The van der Waals surface area contributed by atoms with Crippen LogP contribution >= 0.6 is 0 Å². The Morgan fingerprint density at radius 2 is 1.75 bits per heavy atom. The van der Waals surface area contributed by atoms with Crippen LogP contribution < -0.4 is 14.5 Å². The summed E-state index contributed by atoms with van der Waals surface area (Å²) in [7, 11) is 1.97. The highest BCUT2D eigenvalue weighted by atomic mass is 16.6. The average Bonchev–Trinajstić information content (AvgIpc) is 3.35. The first-order valence-electron chi connectivity index (χ1n) is 17.1. The Hall–Kier alpha value is -4.72. The number of carbonyl (C=O) groups is 2. The Morgan fingerprint density at radius 3 is 2.50 bits per heavy atom. The van der Waals surface area contributed by atoms with Crippen molar-refractivity contribution < 1.29 is 28.9 Å². The van der Waals surface area contributed by atoms with Crippen molar-refractivity contribution in [2.75, 3.05) is 30.0 Å². The number of hydrogen-bond acceptors (Lipinski definition) is 8. The predicted octanol–water partition coefficient (Wildman–Crippen LogP) is 8.39. The molecule has 1 spiro atoms. The van der Waals surface area contributed by atoms with E-state index in [1.165, 1.54) is 5.56 Å². The molecule has 0 saturated heterocycles. The minimum atomic E-state index is -1.12. The molecule has 3 aliphatic heterocycles. The number of esters is 2. The van der Waals surface area contributed by atoms with Crippen molar-refractivity contribution in [1.82, 2.24) is 0 Å². The molecule has 0 bridgehead atoms. The summed E-state index contributed by atoms with van der Waals surface area (Å²) < 4.78 is 18.7. The van der Waals surface area contributed by atoms with Crippen LogP contribution in [0.4, 0.5) is 17.1 Å². The zero-order valence-electron chi connectivity index (χ0n) is 28.6. The highest BCUT2D eigenvalue weighted by Crippen LogP contribution is 2.61. The third-order valence-electron chi connectivity index (χ3n) is 10.5. The van der Waals surface area contributed by atoms with Gasteiger partial charge < -0.3 is 29.1 Å². The quantitative estimate of drug-likeness (QED) is 0.256. The van der Waals surface area contributed by atoms with Crippen LogP contribution in [0, 0.1) is 5.92 Å². The third kappa shape index (κ3) is 5.04. The van der Waals surface area contributed by atoms with Gasteiger partial charge in [-0.1, -0.05) is 26.0 Å². The summed E-state index contributed by atoms with van der Waals surface area (Å²) in [5.74, 6) is 1.34. The molecule has 3 aromatic rings. The van der Waals surface area contributed by atoms with Gasteiger partial charge in [-0.2, -0.15) is 0 Å². The molecule has 0 amide bonds. The van der Waals surface area contributed by atoms with Crippen molar-refractivity contribution in [3.8, 4) is 17.2 Å². The minimum Gasteiger partial charge on any atom is -0.508 e. The third-order valence-corrected chi connectivity index (χ3v) is 10.5. The largest absolute Gasteiger partial charge is 0.508 e. The lowest BCUT2D eigenvalue weighted by atomic mass is 9.69. The van der Waals surface area contributed by atoms with Gasteiger partial charge in [0.25, 0.3) is 0 Å². The van der Waals surface area contributed by atoms with Crippen LogP contribution in [-0.4, -0.2) is 42.8 Å². The molecule has 48 heavy (non-hydrogen) atoms. The Morgan fingerprint density at radius 1 is 1.02 bits per heavy atom. The van der Waals surface area contributed by atoms with Crippen molar-refractivity contribution in [1.29, 1.82) is 0 Å². The topological polar surface area (TPSA) is 88.5 Å². The van der Waals surface area contributed by atoms with Crippen molar-refractivity contribution in [2.24, 2.45) is 5.92 Å². The van der Waals surface area contributed by atoms with Gasteiger partial charge in [-0.25, -0.2) is 4.79 Å². The molecule has 7 rings (SSSR count). The van der Waals surface area contributed by atoms with Gasteiger partial charge in [0, 0.05) is 71.4 Å². The lowest BCUT2D eigenvalue weighted by molar-refractivity contribution is -0.145. The number of carbonyl (C=O) groups excluding carboxylic acids is 2. The SMILES string of the molecule is CCOC(=O)CCCN1c2cc3c(cc2C(C)CC1(C)C)C1(OC(=O)C2=C1C(C)CC=C2)c1ccc(N(C)c2ccc(O)cc2)cc1O3. The molecule has 1 aliphatic carbocycles. The van der Waals surface area contributed by atoms with Gasteiger partial charge in [-0.05, 0) is 99.9 Å². The van der Waals surface area contributed by atoms with Crippen LogP contribution in [0.15, 0.2) is 77.9 Å². The molecule has 3 aromatic carbocycles. The van der Waals surface area contributed by atoms with Gasteiger partial charge >= 0.3 is 11.9 Å². The standard InChI is InChI=1S/C40H44N2O6/c1-7-46-36(44)12-9-19-42-33-22-35-32(21-30(33)25(3)23-39(42,4)5)40(37-24(2)10-8-11-29(37)38(45)48-40)31-18-15-27(20-34(31)47-35)41(6)26-13-16-28(43)17-14-26/h8,11,13-18,20-22,24-25,43H,7,9-10,12,19,23H2,1-6H3. The summed E-state index contributed by atoms with van der Waals surface area (Å²) in [6, 6.07) is 17.5. The van der Waals surface area contributed by atoms with Gasteiger partial charge in [0.15, 0.2) is 5.60 Å². The molecule has 0 fully saturated rings. The molecule has 0 saturated carbocycles. The van der Waals surface area contributed by atoms with Crippen LogP contribution in [0.3, 0.4) is 0 Å². The van der Waals surface area contributed by atoms with Gasteiger partial charge in [0.1, 0.15) is 17.2 Å². The summed E-state index contributed by atoms with van der Waals surface area (Å²) in [6.45, 7) is 11.8. The summed E-state index contributed by atoms with van der Waals surface area (Å²) in [6.07, 6.45) is 6.76. The van der Waals surface area contributed by atoms with E-state index in [9.17, 15) is 14.7 Å². The molecular formula is C40H44N2O6. The van der Waals surface area contributed by atoms with Gasteiger partial charge in [0.05, 0.1) is 12.2 Å². The van der Waals surface area contributed by atoms with Gasteiger partial charge in [-0.3, -0.25) is 4.79 Å². The van der Waals surface area contributed by atoms with E-state index in [1.807, 2.05) is 55.3 Å². The number of nitrogens with zero attached hydrogens (tertiary/aromatic N) is 2. The molecule has 0 radical (unpaired) electrons. The summed E-state index contributed by atoms with van der Waals surface area (Å²) in [4.78, 5) is 30.4. The lowest BCUT2D eigenvalue weighted by Gasteiger charge is -2.49. The Labute approximate surface area is 282 Å². The van der Waals surface area contributed by atoms with E-state index in [2.05, 4.69) is 50.8 Å². The van der Waals surface area contributed by atoms with Crippen LogP contribution in [0.5, 0.6) is 17.2 Å². The first-order chi connectivity index (χ1) is 22.9. The molecule has 3 unspecified atom stereocenters. The number of fused-ring (bicyclic) bond motifs is 6. The van der Waals surface area contributed by atoms with Crippen molar-refractivity contribution in [3.05, 3.63) is 94.6 Å². The smallest absolute Gasteiger partial charge is 0.339 e. The first kappa shape index (κ1) is 31.9. The normalized spacial score (nSPS) is 23.1. The predicted molar refractivity (Wildman–Crippen MR) is 186 cm³/mol. The molecule has 250 valence electrons. The maximum atomic E-state index is 13.7. The van der Waals surface area contributed by atoms with Crippen LogP contribution in [0.1, 0.15) is 82.9 Å². The number of hydrogen-bond donors (Lipinski definition) is 1. The Bertz CT molecular complexity index is 1860. The monoisotopic (exact) mass is 648 g/mol. The number of phenols is 1. The summed E-state index contributed by atoms with van der Waals surface area (Å²) in [5.41, 5.74) is 6.06. The molecule has 8 heteroatoms. The number of phenolic OH excluding ortho intramolecular Hbond substituents is 1. The fourth-order valence-electron chi connectivity index (χ4n) is 8.32. The molecule has 8 nitrogen and oxygen atoms in total. The van der Waals surface area contributed by atoms with Crippen LogP contribution in [-0.2, 0) is 24.7 Å². The Balaban J connectivity index is 1.38. The second kappa shape index (κ2) is 11.8. The second-order valence-corrected chi connectivity index (χ2v) is 14.2. The fourth-order valence-corrected chi connectivity index (χ4v) is 8.32. The number of rotatable bonds is 7. The molecule has 4 aliphatic rings. The van der Waals surface area contributed by atoms with E-state index in [1.54, 1.807) is 12.1 Å². The van der Waals surface area contributed by atoms with Crippen molar-refractivity contribution >= 4 is 29.0 Å². The van der Waals surface area contributed by atoms with E-state index >= 15 is 0 Å². The number of aromatic hydroxyl groups is 1. The van der Waals surface area contributed by atoms with E-state index < -0.39 is 5.60 Å². The zero-order valence-corrected chi connectivity index (χ0v) is 28.6. The first-order valence-corrected chi connectivity index (χ1v) is 17.1. The van der Waals surface area contributed by atoms with Crippen molar-refractivity contribution in [3.63, 3.8) is 0 Å². The van der Waals surface area contributed by atoms with E-state index in [4.69, 9.17) is 14.2 Å². The highest BCUT2D eigenvalue weighted by Gasteiger charge is 2.57. The number of allylic oxidation sites excluding steroid dienone is 1. The Kier molecular flexibility index (Phi) is 7.80. The average molecular weight is 649 g/mol. The van der Waals surface area contributed by atoms with E-state index in [0.717, 1.165) is 46.6 Å². The second-order valence-electron chi connectivity index (χ2n) is 14.2. The molecule has 1 N–H and O–H groups in total. The maximum Gasteiger partial charge on any atom is 0.339 e. The summed E-state index contributed by atoms with van der Waals surface area (Å²) >= 11 is 0. The van der Waals surface area contributed by atoms with Gasteiger partial charge in [0.2, 0.25) is 0 Å². The molecule has 0 aromatic heterocycles. The fraction of sp³-hybridized carbons (Fsp3) is 0.400. The highest BCUT2D eigenvalue weighted by molar-refractivity contribution is 5.98. The number of benzene rings is 3. The van der Waals surface area contributed by atoms with Crippen LogP contribution in [0.25, 0.3) is 0 Å². The van der Waals surface area contributed by atoms with E-state index in [-0.39, 0.29) is 35.1 Å². The summed E-state index contributed by atoms with van der Waals surface area (Å²) in [5, 5.41) is 9.85. The number of ether oxygens (including phenoxy) is 3.